The van der Waals surface area contributed by atoms with Gasteiger partial charge in [0, 0.05) is 30.8 Å². The van der Waals surface area contributed by atoms with Crippen LogP contribution in [0, 0.1) is 11.7 Å². The molecular weight excluding hydrogens is 463 g/mol. The van der Waals surface area contributed by atoms with Crippen molar-refractivity contribution in [2.24, 2.45) is 5.92 Å². The second-order valence-electron chi connectivity index (χ2n) is 8.04. The van der Waals surface area contributed by atoms with Gasteiger partial charge in [0.15, 0.2) is 12.4 Å². The lowest BCUT2D eigenvalue weighted by Gasteiger charge is -2.30. The van der Waals surface area contributed by atoms with Crippen molar-refractivity contribution >= 4 is 33.4 Å². The molecule has 8 nitrogen and oxygen atoms in total. The number of nitrogens with zero attached hydrogens (tertiary/aromatic N) is 1. The molecule has 0 unspecified atom stereocenters. The summed E-state index contributed by atoms with van der Waals surface area (Å²) in [6.07, 6.45) is 1.67. The molecule has 34 heavy (non-hydrogen) atoms. The summed E-state index contributed by atoms with van der Waals surface area (Å²) in [7, 11) is -3.77. The van der Waals surface area contributed by atoms with Gasteiger partial charge in [-0.2, -0.15) is 4.31 Å². The maximum absolute atomic E-state index is 13.1. The molecule has 2 aromatic carbocycles. The quantitative estimate of drug-likeness (QED) is 0.426. The molecular formula is C24H27FN2O6S. The van der Waals surface area contributed by atoms with E-state index in [0.29, 0.717) is 17.7 Å². The number of carbonyl (C=O) groups excluding carboxylic acids is 3. The Morgan fingerprint density at radius 2 is 1.65 bits per heavy atom. The molecule has 0 aliphatic carbocycles. The highest BCUT2D eigenvalue weighted by molar-refractivity contribution is 7.89. The van der Waals surface area contributed by atoms with Crippen molar-refractivity contribution in [3.05, 3.63) is 59.9 Å². The van der Waals surface area contributed by atoms with E-state index in [9.17, 15) is 27.2 Å². The van der Waals surface area contributed by atoms with E-state index in [-0.39, 0.29) is 42.5 Å². The van der Waals surface area contributed by atoms with Gasteiger partial charge in [-0.25, -0.2) is 12.8 Å². The average molecular weight is 491 g/mol. The van der Waals surface area contributed by atoms with Crippen molar-refractivity contribution in [1.82, 2.24) is 4.31 Å². The molecule has 1 N–H and O–H groups in total. The zero-order valence-electron chi connectivity index (χ0n) is 18.8. The van der Waals surface area contributed by atoms with E-state index in [4.69, 9.17) is 4.74 Å². The molecule has 1 aliphatic heterocycles. The highest BCUT2D eigenvalue weighted by Crippen LogP contribution is 2.25. The SMILES string of the molecule is CCCC(=O)Nc1ccc(C(=O)COC(=O)C2CCN(S(=O)(=O)c3ccc(F)cc3)CC2)cc1. The monoisotopic (exact) mass is 490 g/mol. The van der Waals surface area contributed by atoms with Crippen molar-refractivity contribution in [1.29, 1.82) is 0 Å². The predicted molar refractivity (Wildman–Crippen MR) is 123 cm³/mol. The Balaban J connectivity index is 1.47. The van der Waals surface area contributed by atoms with Gasteiger partial charge in [0.25, 0.3) is 0 Å². The first-order valence-corrected chi connectivity index (χ1v) is 12.5. The van der Waals surface area contributed by atoms with E-state index in [2.05, 4.69) is 5.32 Å². The summed E-state index contributed by atoms with van der Waals surface area (Å²) in [5, 5.41) is 2.73. The number of sulfonamides is 1. The molecule has 2 aromatic rings. The van der Waals surface area contributed by atoms with Crippen LogP contribution in [0.15, 0.2) is 53.4 Å². The smallest absolute Gasteiger partial charge is 0.309 e. The van der Waals surface area contributed by atoms with Crippen LogP contribution >= 0.6 is 0 Å². The van der Waals surface area contributed by atoms with E-state index in [1.165, 1.54) is 16.4 Å². The van der Waals surface area contributed by atoms with Crippen LogP contribution in [0.2, 0.25) is 0 Å². The number of amides is 1. The molecule has 0 saturated carbocycles. The van der Waals surface area contributed by atoms with Crippen LogP contribution in [-0.4, -0.2) is 50.1 Å². The number of esters is 1. The number of halogens is 1. The van der Waals surface area contributed by atoms with Crippen molar-refractivity contribution in [3.63, 3.8) is 0 Å². The Bertz CT molecular complexity index is 1130. The molecule has 0 bridgehead atoms. The Labute approximate surface area is 198 Å². The van der Waals surface area contributed by atoms with Crippen molar-refractivity contribution in [3.8, 4) is 0 Å². The number of hydrogen-bond acceptors (Lipinski definition) is 6. The number of rotatable bonds is 9. The molecule has 182 valence electrons. The minimum Gasteiger partial charge on any atom is -0.457 e. The van der Waals surface area contributed by atoms with E-state index < -0.39 is 34.3 Å². The number of hydrogen-bond donors (Lipinski definition) is 1. The van der Waals surface area contributed by atoms with Crippen molar-refractivity contribution < 1.29 is 31.9 Å². The zero-order valence-corrected chi connectivity index (χ0v) is 19.6. The van der Waals surface area contributed by atoms with E-state index >= 15 is 0 Å². The lowest BCUT2D eigenvalue weighted by atomic mass is 9.98. The van der Waals surface area contributed by atoms with Gasteiger partial charge < -0.3 is 10.1 Å². The lowest BCUT2D eigenvalue weighted by molar-refractivity contribution is -0.148. The maximum atomic E-state index is 13.1. The fraction of sp³-hybridized carbons (Fsp3) is 0.375. The summed E-state index contributed by atoms with van der Waals surface area (Å²) in [5.41, 5.74) is 0.927. The van der Waals surface area contributed by atoms with Gasteiger partial charge in [0.2, 0.25) is 15.9 Å². The van der Waals surface area contributed by atoms with Crippen LogP contribution in [0.25, 0.3) is 0 Å². The molecule has 1 heterocycles. The van der Waals surface area contributed by atoms with Crippen molar-refractivity contribution in [2.75, 3.05) is 25.0 Å². The predicted octanol–water partition coefficient (Wildman–Crippen LogP) is 3.39. The van der Waals surface area contributed by atoms with E-state index in [0.717, 1.165) is 18.6 Å². The second kappa shape index (κ2) is 11.3. The van der Waals surface area contributed by atoms with Gasteiger partial charge >= 0.3 is 5.97 Å². The molecule has 0 spiro atoms. The summed E-state index contributed by atoms with van der Waals surface area (Å²) >= 11 is 0. The molecule has 1 aliphatic rings. The first kappa shape index (κ1) is 25.5. The topological polar surface area (TPSA) is 110 Å². The largest absolute Gasteiger partial charge is 0.457 e. The standard InChI is InChI=1S/C24H27FN2O6S/c1-2-3-23(29)26-20-8-4-17(5-9-20)22(28)16-33-24(30)18-12-14-27(15-13-18)34(31,32)21-10-6-19(25)7-11-21/h4-11,18H,2-3,12-16H2,1H3,(H,26,29). The number of anilines is 1. The highest BCUT2D eigenvalue weighted by Gasteiger charge is 2.33. The summed E-state index contributed by atoms with van der Waals surface area (Å²) in [5.74, 6) is -2.06. The summed E-state index contributed by atoms with van der Waals surface area (Å²) < 4.78 is 44.9. The van der Waals surface area contributed by atoms with Gasteiger partial charge in [0.1, 0.15) is 5.82 Å². The number of ether oxygens (including phenoxy) is 1. The average Bonchev–Trinajstić information content (AvgIpc) is 2.83. The van der Waals surface area contributed by atoms with Gasteiger partial charge in [-0.1, -0.05) is 6.92 Å². The van der Waals surface area contributed by atoms with Gasteiger partial charge in [0.05, 0.1) is 10.8 Å². The van der Waals surface area contributed by atoms with Crippen LogP contribution in [0.5, 0.6) is 0 Å². The van der Waals surface area contributed by atoms with Crippen LogP contribution in [-0.2, 0) is 24.3 Å². The minimum atomic E-state index is -3.77. The number of carbonyl (C=O) groups is 3. The molecule has 3 rings (SSSR count). The summed E-state index contributed by atoms with van der Waals surface area (Å²) in [6.45, 7) is 1.73. The fourth-order valence-corrected chi connectivity index (χ4v) is 5.09. The van der Waals surface area contributed by atoms with Crippen LogP contribution < -0.4 is 5.32 Å². The summed E-state index contributed by atoms with van der Waals surface area (Å²) in [6, 6.07) is 10.9. The normalized spacial score (nSPS) is 15.0. The van der Waals surface area contributed by atoms with Crippen LogP contribution in [0.3, 0.4) is 0 Å². The molecule has 1 saturated heterocycles. The number of piperidine rings is 1. The van der Waals surface area contributed by atoms with E-state index in [1.807, 2.05) is 6.92 Å². The maximum Gasteiger partial charge on any atom is 0.309 e. The first-order chi connectivity index (χ1) is 16.2. The number of Topliss-reactive ketones (excluding diaryl/α,β-unsaturated/α-hetero) is 1. The third-order valence-corrected chi connectivity index (χ3v) is 7.46. The molecule has 1 amide bonds. The second-order valence-corrected chi connectivity index (χ2v) is 9.98. The zero-order chi connectivity index (χ0) is 24.7. The number of benzene rings is 2. The van der Waals surface area contributed by atoms with Gasteiger partial charge in [-0.15, -0.1) is 0 Å². The molecule has 0 atom stereocenters. The van der Waals surface area contributed by atoms with Crippen molar-refractivity contribution in [2.45, 2.75) is 37.5 Å². The first-order valence-electron chi connectivity index (χ1n) is 11.1. The van der Waals surface area contributed by atoms with Gasteiger partial charge in [-0.05, 0) is 67.8 Å². The summed E-state index contributed by atoms with van der Waals surface area (Å²) in [4.78, 5) is 36.4. The Morgan fingerprint density at radius 1 is 1.03 bits per heavy atom. The highest BCUT2D eigenvalue weighted by atomic mass is 32.2. The van der Waals surface area contributed by atoms with E-state index in [1.54, 1.807) is 24.3 Å². The number of ketones is 1. The fourth-order valence-electron chi connectivity index (χ4n) is 3.62. The Hall–Kier alpha value is -3.11. The molecule has 0 aromatic heterocycles. The number of nitrogens with one attached hydrogen (secondary N) is 1. The molecule has 1 fully saturated rings. The Morgan fingerprint density at radius 3 is 2.24 bits per heavy atom. The minimum absolute atomic E-state index is 0.00327. The third kappa shape index (κ3) is 6.48. The van der Waals surface area contributed by atoms with Crippen LogP contribution in [0.4, 0.5) is 10.1 Å². The van der Waals surface area contributed by atoms with Crippen LogP contribution in [0.1, 0.15) is 43.0 Å². The molecule has 0 radical (unpaired) electrons. The lowest BCUT2D eigenvalue weighted by Crippen LogP contribution is -2.40. The molecule has 10 heteroatoms. The Kier molecular flexibility index (Phi) is 8.51. The van der Waals surface area contributed by atoms with Gasteiger partial charge in [-0.3, -0.25) is 14.4 Å². The third-order valence-electron chi connectivity index (χ3n) is 5.55.